The minimum atomic E-state index is 0.598. The minimum Gasteiger partial charge on any atom is -0.399 e. The van der Waals surface area contributed by atoms with Crippen LogP contribution in [0.5, 0.6) is 0 Å². The Morgan fingerprint density at radius 1 is 0.944 bits per heavy atom. The average molecular weight is 257 g/mol. The van der Waals surface area contributed by atoms with Crippen LogP contribution in [0, 0.1) is 0 Å². The van der Waals surface area contributed by atoms with E-state index in [-0.39, 0.29) is 0 Å². The summed E-state index contributed by atoms with van der Waals surface area (Å²) in [6.45, 7) is 4.44. The zero-order chi connectivity index (χ0) is 13.0. The van der Waals surface area contributed by atoms with Crippen LogP contribution in [-0.4, -0.2) is 0 Å². The van der Waals surface area contributed by atoms with Gasteiger partial charge in [-0.3, -0.25) is 0 Å². The Hall–Kier alpha value is -1.41. The van der Waals surface area contributed by atoms with Crippen molar-refractivity contribution < 1.29 is 0 Å². The summed E-state index contributed by atoms with van der Waals surface area (Å²) >= 11 is 1.86. The van der Waals surface area contributed by atoms with Crippen LogP contribution in [0.15, 0.2) is 53.4 Å². The molecule has 94 valence electrons. The highest BCUT2D eigenvalue weighted by Gasteiger charge is 2.00. The van der Waals surface area contributed by atoms with E-state index in [0.29, 0.717) is 5.92 Å². The topological polar surface area (TPSA) is 26.0 Å². The van der Waals surface area contributed by atoms with Gasteiger partial charge in [0.2, 0.25) is 0 Å². The lowest BCUT2D eigenvalue weighted by Crippen LogP contribution is -1.87. The van der Waals surface area contributed by atoms with Crippen molar-refractivity contribution in [3.8, 4) is 0 Å². The lowest BCUT2D eigenvalue weighted by molar-refractivity contribution is 0.865. The highest BCUT2D eigenvalue weighted by Crippen LogP contribution is 2.25. The normalized spacial score (nSPS) is 10.8. The van der Waals surface area contributed by atoms with Crippen molar-refractivity contribution in [1.29, 1.82) is 0 Å². The number of nitrogen functional groups attached to an aromatic ring is 1. The van der Waals surface area contributed by atoms with Gasteiger partial charge in [-0.05, 0) is 41.3 Å². The first kappa shape index (κ1) is 13.0. The van der Waals surface area contributed by atoms with Gasteiger partial charge in [-0.2, -0.15) is 0 Å². The van der Waals surface area contributed by atoms with Crippen molar-refractivity contribution in [2.75, 3.05) is 5.73 Å². The largest absolute Gasteiger partial charge is 0.399 e. The summed E-state index contributed by atoms with van der Waals surface area (Å²) in [6, 6.07) is 16.9. The molecule has 0 aliphatic heterocycles. The molecule has 0 fully saturated rings. The SMILES string of the molecule is CC(C)c1ccc(SCc2ccc(N)cc2)cc1. The Labute approximate surface area is 113 Å². The molecule has 0 aromatic heterocycles. The van der Waals surface area contributed by atoms with Crippen molar-refractivity contribution in [2.24, 2.45) is 0 Å². The van der Waals surface area contributed by atoms with E-state index in [1.807, 2.05) is 23.9 Å². The molecule has 0 aliphatic rings. The number of anilines is 1. The molecule has 0 aliphatic carbocycles. The van der Waals surface area contributed by atoms with Gasteiger partial charge < -0.3 is 5.73 Å². The Morgan fingerprint density at radius 2 is 1.56 bits per heavy atom. The van der Waals surface area contributed by atoms with E-state index < -0.39 is 0 Å². The van der Waals surface area contributed by atoms with Crippen LogP contribution >= 0.6 is 11.8 Å². The molecule has 0 atom stereocenters. The van der Waals surface area contributed by atoms with Crippen molar-refractivity contribution in [2.45, 2.75) is 30.4 Å². The summed E-state index contributed by atoms with van der Waals surface area (Å²) in [6.07, 6.45) is 0. The van der Waals surface area contributed by atoms with Crippen molar-refractivity contribution >= 4 is 17.4 Å². The first-order chi connectivity index (χ1) is 8.65. The molecule has 0 heterocycles. The maximum Gasteiger partial charge on any atom is 0.0314 e. The molecule has 18 heavy (non-hydrogen) atoms. The van der Waals surface area contributed by atoms with Crippen LogP contribution in [0.4, 0.5) is 5.69 Å². The number of thioether (sulfide) groups is 1. The van der Waals surface area contributed by atoms with Gasteiger partial charge >= 0.3 is 0 Å². The molecular formula is C16H19NS. The van der Waals surface area contributed by atoms with E-state index in [9.17, 15) is 0 Å². The number of hydrogen-bond acceptors (Lipinski definition) is 2. The zero-order valence-electron chi connectivity index (χ0n) is 10.9. The van der Waals surface area contributed by atoms with Crippen LogP contribution in [0.1, 0.15) is 30.9 Å². The van der Waals surface area contributed by atoms with E-state index in [1.165, 1.54) is 16.0 Å². The van der Waals surface area contributed by atoms with E-state index in [0.717, 1.165) is 11.4 Å². The quantitative estimate of drug-likeness (QED) is 0.635. The van der Waals surface area contributed by atoms with E-state index in [4.69, 9.17) is 5.73 Å². The Kier molecular flexibility index (Phi) is 4.32. The molecule has 2 aromatic carbocycles. The summed E-state index contributed by atoms with van der Waals surface area (Å²) < 4.78 is 0. The predicted molar refractivity (Wildman–Crippen MR) is 80.9 cm³/mol. The maximum atomic E-state index is 5.67. The minimum absolute atomic E-state index is 0.598. The molecule has 1 nitrogen and oxygen atoms in total. The third kappa shape index (κ3) is 3.54. The van der Waals surface area contributed by atoms with Crippen LogP contribution in [-0.2, 0) is 5.75 Å². The monoisotopic (exact) mass is 257 g/mol. The molecule has 0 saturated carbocycles. The van der Waals surface area contributed by atoms with Crippen molar-refractivity contribution in [1.82, 2.24) is 0 Å². The van der Waals surface area contributed by atoms with Crippen molar-refractivity contribution in [3.05, 3.63) is 59.7 Å². The number of nitrogens with two attached hydrogens (primary N) is 1. The summed E-state index contributed by atoms with van der Waals surface area (Å²) in [4.78, 5) is 1.32. The predicted octanol–water partition coefficient (Wildman–Crippen LogP) is 4.68. The van der Waals surface area contributed by atoms with E-state index in [1.54, 1.807) is 0 Å². The molecule has 2 heteroatoms. The third-order valence-electron chi connectivity index (χ3n) is 2.93. The molecule has 0 spiro atoms. The zero-order valence-corrected chi connectivity index (χ0v) is 11.7. The molecule has 0 saturated heterocycles. The standard InChI is InChI=1S/C16H19NS/c1-12(2)14-5-9-16(10-6-14)18-11-13-3-7-15(17)8-4-13/h3-10,12H,11,17H2,1-2H3. The lowest BCUT2D eigenvalue weighted by atomic mass is 10.0. The van der Waals surface area contributed by atoms with Crippen LogP contribution in [0.25, 0.3) is 0 Å². The Morgan fingerprint density at radius 3 is 2.11 bits per heavy atom. The van der Waals surface area contributed by atoms with Gasteiger partial charge in [-0.1, -0.05) is 38.1 Å². The second-order valence-corrected chi connectivity index (χ2v) is 5.80. The molecule has 0 radical (unpaired) electrons. The lowest BCUT2D eigenvalue weighted by Gasteiger charge is -2.07. The summed E-state index contributed by atoms with van der Waals surface area (Å²) in [5.41, 5.74) is 9.20. The fourth-order valence-corrected chi connectivity index (χ4v) is 2.58. The molecular weight excluding hydrogens is 238 g/mol. The van der Waals surface area contributed by atoms with Gasteiger partial charge in [0.15, 0.2) is 0 Å². The third-order valence-corrected chi connectivity index (χ3v) is 4.02. The molecule has 2 aromatic rings. The fraction of sp³-hybridized carbons (Fsp3) is 0.250. The average Bonchev–Trinajstić information content (AvgIpc) is 2.38. The van der Waals surface area contributed by atoms with Gasteiger partial charge in [-0.15, -0.1) is 11.8 Å². The van der Waals surface area contributed by atoms with Gasteiger partial charge in [0.05, 0.1) is 0 Å². The Bertz CT molecular complexity index is 486. The van der Waals surface area contributed by atoms with Crippen LogP contribution < -0.4 is 5.73 Å². The second kappa shape index (κ2) is 5.96. The van der Waals surface area contributed by atoms with Gasteiger partial charge in [0.1, 0.15) is 0 Å². The Balaban J connectivity index is 1.95. The van der Waals surface area contributed by atoms with Crippen molar-refractivity contribution in [3.63, 3.8) is 0 Å². The second-order valence-electron chi connectivity index (χ2n) is 4.75. The summed E-state index contributed by atoms with van der Waals surface area (Å²) in [5, 5.41) is 0. The van der Waals surface area contributed by atoms with Gasteiger partial charge in [-0.25, -0.2) is 0 Å². The fourth-order valence-electron chi connectivity index (χ4n) is 1.73. The van der Waals surface area contributed by atoms with E-state index in [2.05, 4.69) is 50.2 Å². The molecule has 0 amide bonds. The summed E-state index contributed by atoms with van der Waals surface area (Å²) in [5.74, 6) is 1.59. The van der Waals surface area contributed by atoms with E-state index >= 15 is 0 Å². The molecule has 0 bridgehead atoms. The number of benzene rings is 2. The molecule has 2 N–H and O–H groups in total. The molecule has 2 rings (SSSR count). The van der Waals surface area contributed by atoms with Crippen LogP contribution in [0.2, 0.25) is 0 Å². The molecule has 0 unspecified atom stereocenters. The number of hydrogen-bond donors (Lipinski definition) is 1. The summed E-state index contributed by atoms with van der Waals surface area (Å²) in [7, 11) is 0. The van der Waals surface area contributed by atoms with Gasteiger partial charge in [0.25, 0.3) is 0 Å². The smallest absolute Gasteiger partial charge is 0.0314 e. The first-order valence-electron chi connectivity index (χ1n) is 6.22. The van der Waals surface area contributed by atoms with Gasteiger partial charge in [0, 0.05) is 16.3 Å². The number of rotatable bonds is 4. The highest BCUT2D eigenvalue weighted by molar-refractivity contribution is 7.98. The van der Waals surface area contributed by atoms with Crippen LogP contribution in [0.3, 0.4) is 0 Å². The maximum absolute atomic E-state index is 5.67. The first-order valence-corrected chi connectivity index (χ1v) is 7.21. The highest BCUT2D eigenvalue weighted by atomic mass is 32.2.